The number of carbonyl (C=O) groups is 1. The highest BCUT2D eigenvalue weighted by Gasteiger charge is 2.45. The average Bonchev–Trinajstić information content (AvgIpc) is 2.60. The van der Waals surface area contributed by atoms with Crippen molar-refractivity contribution in [2.24, 2.45) is 0 Å². The minimum absolute atomic E-state index is 0.0741. The molecule has 0 N–H and O–H groups in total. The van der Waals surface area contributed by atoms with E-state index in [1.165, 1.54) is 5.56 Å². The van der Waals surface area contributed by atoms with Gasteiger partial charge in [-0.25, -0.2) is 4.98 Å². The molecule has 2 aromatic rings. The SMILES string of the molecule is Cc1ccc(N2C(=O)C(C)(C)c3cccnc32)cc1. The molecule has 1 aromatic carbocycles. The van der Waals surface area contributed by atoms with Gasteiger partial charge >= 0.3 is 0 Å². The largest absolute Gasteiger partial charge is 0.273 e. The second-order valence-corrected chi connectivity index (χ2v) is 5.48. The van der Waals surface area contributed by atoms with Gasteiger partial charge in [-0.15, -0.1) is 0 Å². The van der Waals surface area contributed by atoms with Gasteiger partial charge in [0.2, 0.25) is 5.91 Å². The molecule has 0 fully saturated rings. The summed E-state index contributed by atoms with van der Waals surface area (Å²) in [5, 5.41) is 0. The normalized spacial score (nSPS) is 16.6. The second kappa shape index (κ2) is 3.92. The van der Waals surface area contributed by atoms with Gasteiger partial charge in [-0.05, 0) is 39.0 Å². The molecule has 3 rings (SSSR count). The van der Waals surface area contributed by atoms with E-state index in [2.05, 4.69) is 4.98 Å². The molecule has 0 radical (unpaired) electrons. The Morgan fingerprint density at radius 1 is 1.11 bits per heavy atom. The van der Waals surface area contributed by atoms with Gasteiger partial charge in [-0.3, -0.25) is 9.69 Å². The maximum Gasteiger partial charge on any atom is 0.242 e. The summed E-state index contributed by atoms with van der Waals surface area (Å²) in [6.07, 6.45) is 1.73. The number of pyridine rings is 1. The lowest BCUT2D eigenvalue weighted by Gasteiger charge is -2.19. The highest BCUT2D eigenvalue weighted by atomic mass is 16.2. The van der Waals surface area contributed by atoms with E-state index in [1.54, 1.807) is 11.1 Å². The maximum absolute atomic E-state index is 12.7. The minimum Gasteiger partial charge on any atom is -0.273 e. The van der Waals surface area contributed by atoms with Crippen molar-refractivity contribution in [3.05, 3.63) is 53.7 Å². The summed E-state index contributed by atoms with van der Waals surface area (Å²) in [6.45, 7) is 5.93. The van der Waals surface area contributed by atoms with Crippen molar-refractivity contribution >= 4 is 17.4 Å². The molecular weight excluding hydrogens is 236 g/mol. The van der Waals surface area contributed by atoms with Crippen LogP contribution in [0.15, 0.2) is 42.6 Å². The zero-order chi connectivity index (χ0) is 13.6. The van der Waals surface area contributed by atoms with Crippen LogP contribution in [0.3, 0.4) is 0 Å². The van der Waals surface area contributed by atoms with Gasteiger partial charge in [0.05, 0.1) is 11.1 Å². The zero-order valence-electron chi connectivity index (χ0n) is 11.3. The molecule has 0 unspecified atom stereocenters. The molecule has 0 saturated carbocycles. The van der Waals surface area contributed by atoms with Crippen molar-refractivity contribution in [2.75, 3.05) is 4.90 Å². The lowest BCUT2D eigenvalue weighted by atomic mass is 9.87. The molecule has 0 atom stereocenters. The summed E-state index contributed by atoms with van der Waals surface area (Å²) < 4.78 is 0. The summed E-state index contributed by atoms with van der Waals surface area (Å²) in [5.41, 5.74) is 2.52. The molecule has 1 amide bonds. The van der Waals surface area contributed by atoms with E-state index in [4.69, 9.17) is 0 Å². The maximum atomic E-state index is 12.7. The Bertz CT molecular complexity index is 644. The predicted octanol–water partition coefficient (Wildman–Crippen LogP) is 3.35. The fourth-order valence-corrected chi connectivity index (χ4v) is 2.49. The number of amides is 1. The molecule has 0 aliphatic carbocycles. The smallest absolute Gasteiger partial charge is 0.242 e. The summed E-state index contributed by atoms with van der Waals surface area (Å²) in [5.74, 6) is 0.825. The first-order valence-corrected chi connectivity index (χ1v) is 6.38. The van der Waals surface area contributed by atoms with Crippen molar-refractivity contribution in [2.45, 2.75) is 26.2 Å². The van der Waals surface area contributed by atoms with Gasteiger partial charge in [0, 0.05) is 11.8 Å². The van der Waals surface area contributed by atoms with Crippen LogP contribution in [0.1, 0.15) is 25.0 Å². The highest BCUT2D eigenvalue weighted by molar-refractivity contribution is 6.11. The van der Waals surface area contributed by atoms with E-state index in [0.29, 0.717) is 0 Å². The van der Waals surface area contributed by atoms with E-state index in [-0.39, 0.29) is 5.91 Å². The van der Waals surface area contributed by atoms with Crippen molar-refractivity contribution in [3.8, 4) is 0 Å². The molecule has 1 aromatic heterocycles. The topological polar surface area (TPSA) is 33.2 Å². The van der Waals surface area contributed by atoms with Crippen LogP contribution in [0.4, 0.5) is 11.5 Å². The van der Waals surface area contributed by atoms with Gasteiger partial charge < -0.3 is 0 Å². The molecule has 1 aliphatic heterocycles. The Morgan fingerprint density at radius 3 is 2.47 bits per heavy atom. The number of hydrogen-bond acceptors (Lipinski definition) is 2. The Balaban J connectivity index is 2.18. The Morgan fingerprint density at radius 2 is 1.79 bits per heavy atom. The molecule has 0 bridgehead atoms. The Hall–Kier alpha value is -2.16. The summed E-state index contributed by atoms with van der Waals surface area (Å²) in [7, 11) is 0. The molecule has 0 saturated heterocycles. The zero-order valence-corrected chi connectivity index (χ0v) is 11.3. The van der Waals surface area contributed by atoms with Crippen LogP contribution in [0.5, 0.6) is 0 Å². The van der Waals surface area contributed by atoms with E-state index < -0.39 is 5.41 Å². The number of anilines is 2. The fraction of sp³-hybridized carbons (Fsp3) is 0.250. The standard InChI is InChI=1S/C16H16N2O/c1-11-6-8-12(9-7-11)18-14-13(5-4-10-17-14)16(2,3)15(18)19/h4-10H,1-3H3. The van der Waals surface area contributed by atoms with Crippen LogP contribution in [0, 0.1) is 6.92 Å². The lowest BCUT2D eigenvalue weighted by molar-refractivity contribution is -0.121. The van der Waals surface area contributed by atoms with Crippen LogP contribution in [-0.4, -0.2) is 10.9 Å². The van der Waals surface area contributed by atoms with Gasteiger partial charge in [0.1, 0.15) is 5.82 Å². The monoisotopic (exact) mass is 252 g/mol. The molecule has 96 valence electrons. The van der Waals surface area contributed by atoms with Crippen molar-refractivity contribution in [1.82, 2.24) is 4.98 Å². The number of aryl methyl sites for hydroxylation is 1. The lowest BCUT2D eigenvalue weighted by Crippen LogP contribution is -2.33. The Kier molecular flexibility index (Phi) is 2.45. The van der Waals surface area contributed by atoms with Crippen LogP contribution < -0.4 is 4.90 Å². The number of aromatic nitrogens is 1. The van der Waals surface area contributed by atoms with E-state index in [9.17, 15) is 4.79 Å². The number of nitrogens with zero attached hydrogens (tertiary/aromatic N) is 2. The van der Waals surface area contributed by atoms with Gasteiger partial charge in [0.25, 0.3) is 0 Å². The third-order valence-corrected chi connectivity index (χ3v) is 3.70. The molecule has 0 spiro atoms. The summed E-state index contributed by atoms with van der Waals surface area (Å²) in [4.78, 5) is 18.8. The first kappa shape index (κ1) is 11.9. The third-order valence-electron chi connectivity index (χ3n) is 3.70. The van der Waals surface area contributed by atoms with Gasteiger partial charge in [0.15, 0.2) is 0 Å². The molecular formula is C16H16N2O. The molecule has 3 nitrogen and oxygen atoms in total. The number of hydrogen-bond donors (Lipinski definition) is 0. The van der Waals surface area contributed by atoms with E-state index >= 15 is 0 Å². The number of rotatable bonds is 1. The van der Waals surface area contributed by atoms with Gasteiger partial charge in [-0.1, -0.05) is 23.8 Å². The average molecular weight is 252 g/mol. The van der Waals surface area contributed by atoms with Crippen LogP contribution in [-0.2, 0) is 10.2 Å². The van der Waals surface area contributed by atoms with Crippen molar-refractivity contribution in [1.29, 1.82) is 0 Å². The number of carbonyl (C=O) groups excluding carboxylic acids is 1. The Labute approximate surface area is 112 Å². The number of fused-ring (bicyclic) bond motifs is 1. The summed E-state index contributed by atoms with van der Waals surface area (Å²) in [6, 6.07) is 11.8. The molecule has 2 heterocycles. The first-order chi connectivity index (χ1) is 9.01. The number of benzene rings is 1. The minimum atomic E-state index is -0.519. The van der Waals surface area contributed by atoms with Gasteiger partial charge in [-0.2, -0.15) is 0 Å². The third kappa shape index (κ3) is 1.65. The fourth-order valence-electron chi connectivity index (χ4n) is 2.49. The molecule has 1 aliphatic rings. The van der Waals surface area contributed by atoms with Crippen molar-refractivity contribution < 1.29 is 4.79 Å². The van der Waals surface area contributed by atoms with E-state index in [0.717, 1.165) is 17.1 Å². The second-order valence-electron chi connectivity index (χ2n) is 5.48. The molecule has 19 heavy (non-hydrogen) atoms. The summed E-state index contributed by atoms with van der Waals surface area (Å²) >= 11 is 0. The first-order valence-electron chi connectivity index (χ1n) is 6.38. The highest BCUT2D eigenvalue weighted by Crippen LogP contribution is 2.43. The van der Waals surface area contributed by atoms with Crippen LogP contribution in [0.2, 0.25) is 0 Å². The predicted molar refractivity (Wildman–Crippen MR) is 75.6 cm³/mol. The van der Waals surface area contributed by atoms with Crippen LogP contribution >= 0.6 is 0 Å². The quantitative estimate of drug-likeness (QED) is 0.779. The van der Waals surface area contributed by atoms with Crippen molar-refractivity contribution in [3.63, 3.8) is 0 Å². The molecule has 3 heteroatoms. The van der Waals surface area contributed by atoms with Crippen LogP contribution in [0.25, 0.3) is 0 Å². The van der Waals surface area contributed by atoms with E-state index in [1.807, 2.05) is 57.2 Å².